The molecule has 98 valence electrons. The van der Waals surface area contributed by atoms with Gasteiger partial charge in [-0.15, -0.1) is 0 Å². The molecule has 0 spiro atoms. The molecule has 4 heteroatoms. The van der Waals surface area contributed by atoms with Crippen molar-refractivity contribution in [2.45, 2.75) is 38.5 Å². The van der Waals surface area contributed by atoms with Gasteiger partial charge in [0.15, 0.2) is 0 Å². The number of hydrogen-bond donors (Lipinski definition) is 1. The van der Waals surface area contributed by atoms with E-state index in [4.69, 9.17) is 0 Å². The normalized spacial score (nSPS) is 22.9. The minimum Gasteiger partial charge on any atom is -0.344 e. The van der Waals surface area contributed by atoms with E-state index in [9.17, 15) is 5.26 Å². The van der Waals surface area contributed by atoms with Gasteiger partial charge >= 0.3 is 0 Å². The number of hydrogen-bond acceptors (Lipinski definition) is 3. The smallest absolute Gasteiger partial charge is 0.123 e. The first-order valence-electron chi connectivity index (χ1n) is 6.74. The zero-order valence-corrected chi connectivity index (χ0v) is 11.5. The van der Waals surface area contributed by atoms with Crippen LogP contribution in [-0.2, 0) is 0 Å². The molecule has 0 bridgehead atoms. The Labute approximate surface area is 109 Å². The first-order chi connectivity index (χ1) is 8.61. The van der Waals surface area contributed by atoms with E-state index in [1.54, 1.807) is 0 Å². The van der Waals surface area contributed by atoms with Crippen LogP contribution < -0.4 is 0 Å². The van der Waals surface area contributed by atoms with Crippen molar-refractivity contribution in [3.63, 3.8) is 0 Å². The average molecular weight is 246 g/mol. The lowest BCUT2D eigenvalue weighted by molar-refractivity contribution is 0.248. The summed E-state index contributed by atoms with van der Waals surface area (Å²) in [4.78, 5) is 10.1. The van der Waals surface area contributed by atoms with Crippen molar-refractivity contribution < 1.29 is 0 Å². The van der Waals surface area contributed by atoms with Gasteiger partial charge in [0.05, 0.1) is 6.07 Å². The number of imidazole rings is 1. The second-order valence-corrected chi connectivity index (χ2v) is 5.68. The number of aromatic amines is 1. The summed E-state index contributed by atoms with van der Waals surface area (Å²) in [6, 6.07) is 2.34. The maximum Gasteiger partial charge on any atom is 0.123 e. The van der Waals surface area contributed by atoms with Crippen LogP contribution in [0.5, 0.6) is 0 Å². The number of nitrogens with one attached hydrogen (secondary N) is 1. The van der Waals surface area contributed by atoms with E-state index >= 15 is 0 Å². The number of likely N-dealkylation sites (N-methyl/N-ethyl adjacent to an activating group) is 1. The summed E-state index contributed by atoms with van der Waals surface area (Å²) < 4.78 is 0. The summed E-state index contributed by atoms with van der Waals surface area (Å²) in [6.07, 6.45) is 4.37. The summed E-state index contributed by atoms with van der Waals surface area (Å²) >= 11 is 0. The maximum atomic E-state index is 9.19. The van der Waals surface area contributed by atoms with E-state index in [0.717, 1.165) is 12.4 Å². The molecule has 1 N–H and O–H groups in total. The Morgan fingerprint density at radius 1 is 1.56 bits per heavy atom. The monoisotopic (exact) mass is 246 g/mol. The number of nitriles is 1. The Morgan fingerprint density at radius 3 is 2.94 bits per heavy atom. The Kier molecular flexibility index (Phi) is 4.03. The van der Waals surface area contributed by atoms with Crippen LogP contribution in [0.2, 0.25) is 0 Å². The van der Waals surface area contributed by atoms with E-state index < -0.39 is 0 Å². The van der Waals surface area contributed by atoms with Gasteiger partial charge in [0.1, 0.15) is 11.7 Å². The lowest BCUT2D eigenvalue weighted by Crippen LogP contribution is -2.30. The molecule has 1 aromatic rings. The van der Waals surface area contributed by atoms with Crippen LogP contribution >= 0.6 is 0 Å². The van der Waals surface area contributed by atoms with Crippen LogP contribution in [0.4, 0.5) is 0 Å². The SMILES string of the molecule is CC(C)C(C#N)c1ncc(C2CCCN(C)C2)[nH]1. The molecule has 2 rings (SSSR count). The fourth-order valence-electron chi connectivity index (χ4n) is 2.66. The van der Waals surface area contributed by atoms with Crippen LogP contribution in [0.15, 0.2) is 6.20 Å². The van der Waals surface area contributed by atoms with Crippen LogP contribution in [0.1, 0.15) is 50.0 Å². The van der Waals surface area contributed by atoms with Gasteiger partial charge in [0.25, 0.3) is 0 Å². The predicted octanol–water partition coefficient (Wildman–Crippen LogP) is 2.48. The number of rotatable bonds is 3. The van der Waals surface area contributed by atoms with E-state index in [-0.39, 0.29) is 5.92 Å². The molecule has 1 aliphatic heterocycles. The van der Waals surface area contributed by atoms with Gasteiger partial charge in [-0.05, 0) is 32.4 Å². The van der Waals surface area contributed by atoms with Crippen molar-refractivity contribution in [2.24, 2.45) is 5.92 Å². The summed E-state index contributed by atoms with van der Waals surface area (Å²) in [7, 11) is 2.16. The van der Waals surface area contributed by atoms with Crippen LogP contribution in [0.3, 0.4) is 0 Å². The van der Waals surface area contributed by atoms with Crippen LogP contribution in [0.25, 0.3) is 0 Å². The molecule has 0 amide bonds. The third-order valence-corrected chi connectivity index (χ3v) is 3.78. The van der Waals surface area contributed by atoms with E-state index in [2.05, 4.69) is 41.8 Å². The highest BCUT2D eigenvalue weighted by molar-refractivity contribution is 5.16. The Balaban J connectivity index is 2.12. The predicted molar refractivity (Wildman–Crippen MR) is 71.3 cm³/mol. The van der Waals surface area contributed by atoms with Gasteiger partial charge in [0, 0.05) is 24.4 Å². The molecular weight excluding hydrogens is 224 g/mol. The lowest BCUT2D eigenvalue weighted by atomic mass is 9.95. The molecule has 0 radical (unpaired) electrons. The van der Waals surface area contributed by atoms with Crippen LogP contribution in [0, 0.1) is 17.2 Å². The van der Waals surface area contributed by atoms with E-state index in [1.165, 1.54) is 25.1 Å². The highest BCUT2D eigenvalue weighted by Crippen LogP contribution is 2.27. The van der Waals surface area contributed by atoms with Crippen LogP contribution in [-0.4, -0.2) is 35.0 Å². The number of aromatic nitrogens is 2. The van der Waals surface area contributed by atoms with E-state index in [0.29, 0.717) is 11.8 Å². The molecule has 1 aliphatic rings. The summed E-state index contributed by atoms with van der Waals surface area (Å²) in [5.74, 6) is 1.54. The molecule has 0 saturated carbocycles. The van der Waals surface area contributed by atoms with Crippen molar-refractivity contribution in [1.29, 1.82) is 5.26 Å². The summed E-state index contributed by atoms with van der Waals surface area (Å²) in [5.41, 5.74) is 1.19. The zero-order chi connectivity index (χ0) is 13.1. The minimum absolute atomic E-state index is 0.125. The zero-order valence-electron chi connectivity index (χ0n) is 11.5. The van der Waals surface area contributed by atoms with Crippen molar-refractivity contribution in [3.8, 4) is 6.07 Å². The van der Waals surface area contributed by atoms with Gasteiger partial charge in [-0.3, -0.25) is 0 Å². The van der Waals surface area contributed by atoms with Crippen molar-refractivity contribution >= 4 is 0 Å². The summed E-state index contributed by atoms with van der Waals surface area (Å²) in [5, 5.41) is 9.19. The molecule has 0 aliphatic carbocycles. The fraction of sp³-hybridized carbons (Fsp3) is 0.714. The van der Waals surface area contributed by atoms with Gasteiger partial charge < -0.3 is 9.88 Å². The Hall–Kier alpha value is -1.34. The number of nitrogens with zero attached hydrogens (tertiary/aromatic N) is 3. The number of piperidine rings is 1. The Morgan fingerprint density at radius 2 is 2.33 bits per heavy atom. The molecule has 1 fully saturated rings. The molecule has 1 saturated heterocycles. The number of likely N-dealkylation sites (tertiary alicyclic amines) is 1. The number of H-pyrrole nitrogens is 1. The van der Waals surface area contributed by atoms with Gasteiger partial charge in [-0.2, -0.15) is 5.26 Å². The molecule has 2 heterocycles. The first kappa shape index (κ1) is 13.1. The highest BCUT2D eigenvalue weighted by atomic mass is 15.1. The molecular formula is C14H22N4. The van der Waals surface area contributed by atoms with Crippen molar-refractivity contribution in [2.75, 3.05) is 20.1 Å². The standard InChI is InChI=1S/C14H22N4/c1-10(2)12(7-15)14-16-8-13(17-14)11-5-4-6-18(3)9-11/h8,10-12H,4-6,9H2,1-3H3,(H,16,17). The molecule has 0 aromatic carbocycles. The largest absolute Gasteiger partial charge is 0.344 e. The maximum absolute atomic E-state index is 9.19. The molecule has 2 unspecified atom stereocenters. The molecule has 18 heavy (non-hydrogen) atoms. The van der Waals surface area contributed by atoms with Crippen molar-refractivity contribution in [1.82, 2.24) is 14.9 Å². The molecule has 1 aromatic heterocycles. The summed E-state index contributed by atoms with van der Waals surface area (Å²) in [6.45, 7) is 6.39. The van der Waals surface area contributed by atoms with Gasteiger partial charge in [0.2, 0.25) is 0 Å². The quantitative estimate of drug-likeness (QED) is 0.891. The third kappa shape index (κ3) is 2.73. The highest BCUT2D eigenvalue weighted by Gasteiger charge is 2.23. The third-order valence-electron chi connectivity index (χ3n) is 3.78. The lowest BCUT2D eigenvalue weighted by Gasteiger charge is -2.28. The topological polar surface area (TPSA) is 55.7 Å². The second-order valence-electron chi connectivity index (χ2n) is 5.68. The molecule has 4 nitrogen and oxygen atoms in total. The average Bonchev–Trinajstić information content (AvgIpc) is 2.79. The van der Waals surface area contributed by atoms with Crippen molar-refractivity contribution in [3.05, 3.63) is 17.7 Å². The van der Waals surface area contributed by atoms with E-state index in [1.807, 2.05) is 6.20 Å². The minimum atomic E-state index is -0.125. The first-order valence-corrected chi connectivity index (χ1v) is 6.74. The molecule has 2 atom stereocenters. The van der Waals surface area contributed by atoms with Gasteiger partial charge in [-0.25, -0.2) is 4.98 Å². The Bertz CT molecular complexity index is 429. The second kappa shape index (κ2) is 5.53. The van der Waals surface area contributed by atoms with Gasteiger partial charge in [-0.1, -0.05) is 13.8 Å². The fourth-order valence-corrected chi connectivity index (χ4v) is 2.66.